The van der Waals surface area contributed by atoms with Gasteiger partial charge in [-0.05, 0) is 25.2 Å². The van der Waals surface area contributed by atoms with Gasteiger partial charge in [0.1, 0.15) is 5.82 Å². The molecule has 1 saturated heterocycles. The van der Waals surface area contributed by atoms with Gasteiger partial charge in [0, 0.05) is 31.2 Å². The first-order chi connectivity index (χ1) is 16.3. The number of carboxylic acid groups (broad SMARTS) is 2. The number of aryl methyl sites for hydroxylation is 1. The fourth-order valence-corrected chi connectivity index (χ4v) is 4.45. The molecule has 0 aromatic carbocycles. The van der Waals surface area contributed by atoms with Crippen LogP contribution in [-0.2, 0) is 16.6 Å². The number of aliphatic carboxylic acids is 1. The van der Waals surface area contributed by atoms with Gasteiger partial charge in [-0.2, -0.15) is 0 Å². The first-order valence-electron chi connectivity index (χ1n) is 12.7. The van der Waals surface area contributed by atoms with E-state index in [4.69, 9.17) is 4.98 Å². The highest BCUT2D eigenvalue weighted by Crippen LogP contribution is 2.26. The molecule has 2 heterocycles. The van der Waals surface area contributed by atoms with Crippen LogP contribution in [0.25, 0.3) is 0 Å². The number of rotatable bonds is 10. The van der Waals surface area contributed by atoms with Crippen molar-refractivity contribution in [2.75, 3.05) is 19.6 Å². The lowest BCUT2D eigenvalue weighted by Crippen LogP contribution is -2.56. The molecule has 1 aromatic rings. The number of carboxylic acids is 1. The van der Waals surface area contributed by atoms with Gasteiger partial charge in [-0.15, -0.1) is 0 Å². The number of likely N-dealkylation sites (tertiary alicyclic amines) is 1. The number of piperidine rings is 1. The van der Waals surface area contributed by atoms with E-state index in [-0.39, 0.29) is 36.8 Å². The summed E-state index contributed by atoms with van der Waals surface area (Å²) in [5, 5.41) is 19.2. The molecule has 0 saturated carbocycles. The van der Waals surface area contributed by atoms with E-state index in [0.29, 0.717) is 30.0 Å². The Morgan fingerprint density at radius 1 is 1.14 bits per heavy atom. The van der Waals surface area contributed by atoms with Crippen molar-refractivity contribution in [1.82, 2.24) is 19.8 Å². The molecule has 2 rings (SSSR count). The Labute approximate surface area is 208 Å². The van der Waals surface area contributed by atoms with Gasteiger partial charge >= 0.3 is 12.1 Å². The third kappa shape index (κ3) is 7.90. The largest absolute Gasteiger partial charge is 0.481 e. The highest BCUT2D eigenvalue weighted by atomic mass is 16.4. The molecule has 196 valence electrons. The van der Waals surface area contributed by atoms with Gasteiger partial charge < -0.3 is 20.0 Å². The van der Waals surface area contributed by atoms with E-state index in [9.17, 15) is 24.6 Å². The van der Waals surface area contributed by atoms with Crippen LogP contribution in [0.5, 0.6) is 0 Å². The second kappa shape index (κ2) is 12.3. The van der Waals surface area contributed by atoms with E-state index in [1.807, 2.05) is 34.6 Å². The van der Waals surface area contributed by atoms with Crippen LogP contribution in [0.3, 0.4) is 0 Å². The number of carbonyl (C=O) groups is 3. The van der Waals surface area contributed by atoms with Gasteiger partial charge in [0.15, 0.2) is 0 Å². The summed E-state index contributed by atoms with van der Waals surface area (Å²) < 4.78 is 0. The Morgan fingerprint density at radius 2 is 1.83 bits per heavy atom. The van der Waals surface area contributed by atoms with E-state index >= 15 is 0 Å². The SMILES string of the molecule is CCCCCCc1nc(C(C)(C)C)ncc1C(=O)N(CC(C)C)[C@H]1C[C@@H](C(=O)O)CN(C(=O)O)C1. The molecule has 2 amide bonds. The average Bonchev–Trinajstić information content (AvgIpc) is 2.78. The molecule has 0 aliphatic carbocycles. The van der Waals surface area contributed by atoms with Crippen LogP contribution in [0, 0.1) is 11.8 Å². The zero-order chi connectivity index (χ0) is 26.3. The fraction of sp³-hybridized carbons (Fsp3) is 0.731. The minimum atomic E-state index is -1.17. The standard InChI is InChI=1S/C26H42N4O5/c1-7-8-9-10-11-21-20(13-27-24(28-21)26(4,5)6)22(31)30(14-17(2)3)19-12-18(23(32)33)15-29(16-19)25(34)35/h13,17-19H,7-12,14-16H2,1-6H3,(H,32,33)(H,34,35)/t18-,19+/m1/s1. The highest BCUT2D eigenvalue weighted by molar-refractivity contribution is 5.95. The van der Waals surface area contributed by atoms with Crippen molar-refractivity contribution < 1.29 is 24.6 Å². The summed E-state index contributed by atoms with van der Waals surface area (Å²) in [5.74, 6) is -1.38. The topological polar surface area (TPSA) is 124 Å². The molecule has 0 radical (unpaired) electrons. The van der Waals surface area contributed by atoms with Crippen molar-refractivity contribution in [1.29, 1.82) is 0 Å². The maximum atomic E-state index is 13.9. The lowest BCUT2D eigenvalue weighted by molar-refractivity contribution is -0.144. The maximum Gasteiger partial charge on any atom is 0.407 e. The first-order valence-corrected chi connectivity index (χ1v) is 12.7. The number of hydrogen-bond acceptors (Lipinski definition) is 5. The molecule has 1 aliphatic heterocycles. The molecule has 0 unspecified atom stereocenters. The van der Waals surface area contributed by atoms with E-state index in [2.05, 4.69) is 11.9 Å². The molecular weight excluding hydrogens is 448 g/mol. The predicted octanol–water partition coefficient (Wildman–Crippen LogP) is 4.45. The first kappa shape index (κ1) is 28.5. The van der Waals surface area contributed by atoms with E-state index < -0.39 is 24.0 Å². The molecular formula is C26H42N4O5. The zero-order valence-corrected chi connectivity index (χ0v) is 22.1. The van der Waals surface area contributed by atoms with Crippen molar-refractivity contribution in [2.24, 2.45) is 11.8 Å². The molecule has 0 bridgehead atoms. The van der Waals surface area contributed by atoms with E-state index in [0.717, 1.165) is 30.6 Å². The zero-order valence-electron chi connectivity index (χ0n) is 22.1. The highest BCUT2D eigenvalue weighted by Gasteiger charge is 2.39. The summed E-state index contributed by atoms with van der Waals surface area (Å²) in [5.41, 5.74) is 0.868. The third-order valence-electron chi connectivity index (χ3n) is 6.35. The quantitative estimate of drug-likeness (QED) is 0.464. The van der Waals surface area contributed by atoms with Crippen LogP contribution >= 0.6 is 0 Å². The Bertz CT molecular complexity index is 874. The minimum absolute atomic E-state index is 0.0725. The second-order valence-electron chi connectivity index (χ2n) is 11.1. The average molecular weight is 491 g/mol. The number of carbonyl (C=O) groups excluding carboxylic acids is 1. The Hall–Kier alpha value is -2.71. The Balaban J connectivity index is 2.45. The monoisotopic (exact) mass is 490 g/mol. The van der Waals surface area contributed by atoms with E-state index in [1.165, 1.54) is 0 Å². The van der Waals surface area contributed by atoms with Crippen molar-refractivity contribution in [3.05, 3.63) is 23.3 Å². The molecule has 0 spiro atoms. The number of aromatic nitrogens is 2. The number of amides is 2. The smallest absolute Gasteiger partial charge is 0.407 e. The lowest BCUT2D eigenvalue weighted by Gasteiger charge is -2.41. The van der Waals surface area contributed by atoms with Gasteiger partial charge in [0.05, 0.1) is 23.2 Å². The van der Waals surface area contributed by atoms with Crippen LogP contribution < -0.4 is 0 Å². The van der Waals surface area contributed by atoms with Gasteiger partial charge in [0.2, 0.25) is 0 Å². The van der Waals surface area contributed by atoms with Crippen LogP contribution in [-0.4, -0.2) is 73.6 Å². The minimum Gasteiger partial charge on any atom is -0.481 e. The number of nitrogens with zero attached hydrogens (tertiary/aromatic N) is 4. The normalized spacial score (nSPS) is 18.5. The number of hydrogen-bond donors (Lipinski definition) is 2. The third-order valence-corrected chi connectivity index (χ3v) is 6.35. The molecule has 1 aromatic heterocycles. The fourth-order valence-electron chi connectivity index (χ4n) is 4.45. The molecule has 2 atom stereocenters. The summed E-state index contributed by atoms with van der Waals surface area (Å²) in [6.45, 7) is 12.6. The van der Waals surface area contributed by atoms with Crippen LogP contribution in [0.4, 0.5) is 4.79 Å². The predicted molar refractivity (Wildman–Crippen MR) is 134 cm³/mol. The molecule has 1 fully saturated rings. The summed E-state index contributed by atoms with van der Waals surface area (Å²) >= 11 is 0. The Kier molecular flexibility index (Phi) is 10.0. The molecule has 1 aliphatic rings. The van der Waals surface area contributed by atoms with Crippen LogP contribution in [0.2, 0.25) is 0 Å². The van der Waals surface area contributed by atoms with Gasteiger partial charge in [-0.1, -0.05) is 60.8 Å². The van der Waals surface area contributed by atoms with Gasteiger partial charge in [-0.25, -0.2) is 14.8 Å². The van der Waals surface area contributed by atoms with Crippen LogP contribution in [0.15, 0.2) is 6.20 Å². The summed E-state index contributed by atoms with van der Waals surface area (Å²) in [6, 6.07) is -0.536. The van der Waals surface area contributed by atoms with Crippen LogP contribution in [0.1, 0.15) is 95.5 Å². The molecule has 2 N–H and O–H groups in total. The van der Waals surface area contributed by atoms with Crippen molar-refractivity contribution in [3.8, 4) is 0 Å². The van der Waals surface area contributed by atoms with Crippen molar-refractivity contribution in [2.45, 2.75) is 91.5 Å². The molecule has 9 nitrogen and oxygen atoms in total. The lowest BCUT2D eigenvalue weighted by atomic mass is 9.92. The summed E-state index contributed by atoms with van der Waals surface area (Å²) in [6.07, 6.45) is 5.48. The molecule has 9 heteroatoms. The second-order valence-corrected chi connectivity index (χ2v) is 11.1. The summed E-state index contributed by atoms with van der Waals surface area (Å²) in [4.78, 5) is 49.5. The number of unbranched alkanes of at least 4 members (excludes halogenated alkanes) is 3. The Morgan fingerprint density at radius 3 is 2.37 bits per heavy atom. The van der Waals surface area contributed by atoms with Crippen molar-refractivity contribution in [3.63, 3.8) is 0 Å². The summed E-state index contributed by atoms with van der Waals surface area (Å²) in [7, 11) is 0. The van der Waals surface area contributed by atoms with Gasteiger partial charge in [-0.3, -0.25) is 9.59 Å². The van der Waals surface area contributed by atoms with E-state index in [1.54, 1.807) is 11.1 Å². The molecule has 35 heavy (non-hydrogen) atoms. The van der Waals surface area contributed by atoms with Crippen molar-refractivity contribution >= 4 is 18.0 Å². The maximum absolute atomic E-state index is 13.9. The van der Waals surface area contributed by atoms with Gasteiger partial charge in [0.25, 0.3) is 5.91 Å².